The normalized spacial score (nSPS) is 21.6. The monoisotopic (exact) mass is 301 g/mol. The van der Waals surface area contributed by atoms with Gasteiger partial charge < -0.3 is 9.64 Å². The molecule has 118 valence electrons. The third-order valence-corrected chi connectivity index (χ3v) is 3.92. The number of piperidine rings is 1. The zero-order chi connectivity index (χ0) is 16.0. The van der Waals surface area contributed by atoms with E-state index in [-0.39, 0.29) is 5.97 Å². The van der Waals surface area contributed by atoms with Crippen LogP contribution in [0.1, 0.15) is 51.6 Å². The lowest BCUT2D eigenvalue weighted by Crippen LogP contribution is -3.13. The van der Waals surface area contributed by atoms with Crippen molar-refractivity contribution in [3.63, 3.8) is 0 Å². The van der Waals surface area contributed by atoms with Gasteiger partial charge >= 0.3 is 5.97 Å². The predicted molar refractivity (Wildman–Crippen MR) is 85.1 cm³/mol. The molecule has 0 spiro atoms. The quantitative estimate of drug-likeness (QED) is 0.680. The number of pyridine rings is 1. The molecule has 4 nitrogen and oxygen atoms in total. The second kappa shape index (κ2) is 7.42. The highest BCUT2D eigenvalue weighted by molar-refractivity contribution is 5.66. The number of esters is 1. The van der Waals surface area contributed by atoms with E-state index in [0.29, 0.717) is 6.04 Å². The predicted octanol–water partition coefficient (Wildman–Crippen LogP) is 1.54. The molecule has 0 bridgehead atoms. The van der Waals surface area contributed by atoms with Crippen molar-refractivity contribution in [1.82, 2.24) is 4.98 Å². The third kappa shape index (κ3) is 4.85. The van der Waals surface area contributed by atoms with Gasteiger partial charge in [0.2, 0.25) is 0 Å². The number of carbonyl (C=O) groups is 1. The minimum atomic E-state index is -0.717. The maximum Gasteiger partial charge on any atom is 0.304 e. The molecule has 0 saturated carbocycles. The second-order valence-corrected chi connectivity index (χ2v) is 6.33. The van der Waals surface area contributed by atoms with E-state index in [1.54, 1.807) is 0 Å². The fourth-order valence-corrected chi connectivity index (χ4v) is 3.03. The molecular weight excluding hydrogens is 276 g/mol. The van der Waals surface area contributed by atoms with Gasteiger partial charge in [0.25, 0.3) is 0 Å². The van der Waals surface area contributed by atoms with Crippen LogP contribution in [-0.2, 0) is 9.53 Å². The van der Waals surface area contributed by atoms with Crippen LogP contribution < -0.4 is 4.90 Å². The van der Waals surface area contributed by atoms with Gasteiger partial charge in [-0.3, -0.25) is 9.78 Å². The van der Waals surface area contributed by atoms with Crippen LogP contribution >= 0.6 is 0 Å². The molecule has 1 N–H and O–H groups in total. The van der Waals surface area contributed by atoms with E-state index in [1.807, 2.05) is 32.3 Å². The fourth-order valence-electron chi connectivity index (χ4n) is 3.03. The molecule has 0 aliphatic carbocycles. The molecule has 0 amide bonds. The Hall–Kier alpha value is -1.86. The Kier molecular flexibility index (Phi) is 5.57. The summed E-state index contributed by atoms with van der Waals surface area (Å²) in [6.45, 7) is 6.96. The Morgan fingerprint density at radius 3 is 3.00 bits per heavy atom. The number of hydrogen-bond donors (Lipinski definition) is 1. The van der Waals surface area contributed by atoms with Crippen molar-refractivity contribution in [3.8, 4) is 11.8 Å². The zero-order valence-electron chi connectivity index (χ0n) is 13.7. The van der Waals surface area contributed by atoms with Gasteiger partial charge in [-0.1, -0.05) is 12.0 Å². The standard InChI is InChI=1S/C18H24N2O2/c1-15(21)22-18(2,3)10-7-13-20-12-5-4-9-17(20)16-8-6-11-19-14-16/h6,8,11,14,17H,4-5,9,12-13H2,1-3H3/p+1/t17-/m1/s1. The Morgan fingerprint density at radius 2 is 2.32 bits per heavy atom. The molecular formula is C18H25N2O2+. The summed E-state index contributed by atoms with van der Waals surface area (Å²) in [6.07, 6.45) is 7.45. The van der Waals surface area contributed by atoms with Crippen LogP contribution in [0, 0.1) is 11.8 Å². The maximum atomic E-state index is 11.1. The molecule has 1 unspecified atom stereocenters. The van der Waals surface area contributed by atoms with Gasteiger partial charge in [-0.2, -0.15) is 0 Å². The van der Waals surface area contributed by atoms with Gasteiger partial charge in [0.15, 0.2) is 5.60 Å². The number of nitrogens with zero attached hydrogens (tertiary/aromatic N) is 1. The molecule has 2 rings (SSSR count). The van der Waals surface area contributed by atoms with E-state index in [0.717, 1.165) is 13.1 Å². The van der Waals surface area contributed by atoms with E-state index in [2.05, 4.69) is 22.9 Å². The summed E-state index contributed by atoms with van der Waals surface area (Å²) in [5, 5.41) is 0. The smallest absolute Gasteiger partial charge is 0.304 e. The second-order valence-electron chi connectivity index (χ2n) is 6.33. The van der Waals surface area contributed by atoms with Crippen molar-refractivity contribution in [3.05, 3.63) is 30.1 Å². The number of nitrogens with one attached hydrogen (secondary N) is 1. The SMILES string of the molecule is CC(=O)OC(C)(C)C#CC[NH+]1CCCC[C@@H]1c1cccnc1. The molecule has 0 aromatic carbocycles. The molecule has 1 aliphatic rings. The number of quaternary nitrogens is 1. The summed E-state index contributed by atoms with van der Waals surface area (Å²) in [5.41, 5.74) is 0.573. The van der Waals surface area contributed by atoms with Gasteiger partial charge in [-0.15, -0.1) is 0 Å². The maximum absolute atomic E-state index is 11.1. The number of hydrogen-bond acceptors (Lipinski definition) is 3. The van der Waals surface area contributed by atoms with Crippen molar-refractivity contribution >= 4 is 5.97 Å². The summed E-state index contributed by atoms with van der Waals surface area (Å²) in [4.78, 5) is 16.8. The van der Waals surface area contributed by atoms with E-state index in [1.165, 1.54) is 36.6 Å². The summed E-state index contributed by atoms with van der Waals surface area (Å²) >= 11 is 0. The number of rotatable bonds is 3. The van der Waals surface area contributed by atoms with Crippen LogP contribution in [0.15, 0.2) is 24.5 Å². The molecule has 1 aliphatic heterocycles. The lowest BCUT2D eigenvalue weighted by atomic mass is 9.96. The van der Waals surface area contributed by atoms with Crippen LogP contribution in [0.5, 0.6) is 0 Å². The van der Waals surface area contributed by atoms with Gasteiger partial charge in [0.1, 0.15) is 12.6 Å². The largest absolute Gasteiger partial charge is 0.447 e. The van der Waals surface area contributed by atoms with Crippen molar-refractivity contribution in [2.75, 3.05) is 13.1 Å². The Labute approximate surface area is 132 Å². The molecule has 2 heterocycles. The van der Waals surface area contributed by atoms with Crippen LogP contribution in [0.2, 0.25) is 0 Å². The van der Waals surface area contributed by atoms with Crippen LogP contribution in [0.25, 0.3) is 0 Å². The van der Waals surface area contributed by atoms with Crippen molar-refractivity contribution in [2.24, 2.45) is 0 Å². The van der Waals surface area contributed by atoms with Crippen molar-refractivity contribution < 1.29 is 14.4 Å². The number of likely N-dealkylation sites (tertiary alicyclic amines) is 1. The first-order chi connectivity index (χ1) is 10.5. The molecule has 1 saturated heterocycles. The van der Waals surface area contributed by atoms with Gasteiger partial charge in [-0.25, -0.2) is 0 Å². The molecule has 1 aromatic heterocycles. The van der Waals surface area contributed by atoms with E-state index >= 15 is 0 Å². The summed E-state index contributed by atoms with van der Waals surface area (Å²) in [7, 11) is 0. The lowest BCUT2D eigenvalue weighted by molar-refractivity contribution is -0.930. The number of ether oxygens (including phenoxy) is 1. The summed E-state index contributed by atoms with van der Waals surface area (Å²) < 4.78 is 5.21. The van der Waals surface area contributed by atoms with Crippen molar-refractivity contribution in [1.29, 1.82) is 0 Å². The molecule has 2 atom stereocenters. The molecule has 4 heteroatoms. The first-order valence-electron chi connectivity index (χ1n) is 7.92. The van der Waals surface area contributed by atoms with Gasteiger partial charge in [0.05, 0.1) is 6.54 Å². The summed E-state index contributed by atoms with van der Waals surface area (Å²) in [6, 6.07) is 4.62. The Morgan fingerprint density at radius 1 is 1.50 bits per heavy atom. The van der Waals surface area contributed by atoms with E-state index < -0.39 is 5.60 Å². The molecule has 1 aromatic rings. The van der Waals surface area contributed by atoms with Crippen LogP contribution in [0.4, 0.5) is 0 Å². The highest BCUT2D eigenvalue weighted by atomic mass is 16.6. The average molecular weight is 301 g/mol. The van der Waals surface area contributed by atoms with Gasteiger partial charge in [-0.05, 0) is 38.7 Å². The molecule has 22 heavy (non-hydrogen) atoms. The lowest BCUT2D eigenvalue weighted by Gasteiger charge is -2.31. The fraction of sp³-hybridized carbons (Fsp3) is 0.556. The van der Waals surface area contributed by atoms with Crippen LogP contribution in [0.3, 0.4) is 0 Å². The first-order valence-corrected chi connectivity index (χ1v) is 7.92. The first kappa shape index (κ1) is 16.5. The molecule has 1 fully saturated rings. The minimum absolute atomic E-state index is 0.294. The van der Waals surface area contributed by atoms with Gasteiger partial charge in [0, 0.05) is 31.3 Å². The van der Waals surface area contributed by atoms with Crippen LogP contribution in [-0.4, -0.2) is 29.6 Å². The minimum Gasteiger partial charge on any atom is -0.447 e. The highest BCUT2D eigenvalue weighted by Gasteiger charge is 2.27. The third-order valence-electron chi connectivity index (χ3n) is 3.92. The van der Waals surface area contributed by atoms with E-state index in [4.69, 9.17) is 4.74 Å². The Bertz CT molecular complexity index is 557. The number of carbonyl (C=O) groups excluding carboxylic acids is 1. The van der Waals surface area contributed by atoms with Crippen molar-refractivity contribution in [2.45, 2.75) is 51.7 Å². The summed E-state index contributed by atoms with van der Waals surface area (Å²) in [5.74, 6) is 6.00. The average Bonchev–Trinajstić information content (AvgIpc) is 2.47. The zero-order valence-corrected chi connectivity index (χ0v) is 13.7. The topological polar surface area (TPSA) is 43.6 Å². The molecule has 0 radical (unpaired) electrons. The Balaban J connectivity index is 2.03. The number of aromatic nitrogens is 1. The van der Waals surface area contributed by atoms with E-state index in [9.17, 15) is 4.79 Å². The highest BCUT2D eigenvalue weighted by Crippen LogP contribution is 2.18.